The van der Waals surface area contributed by atoms with Crippen molar-refractivity contribution >= 4 is 34.1 Å². The summed E-state index contributed by atoms with van der Waals surface area (Å²) in [6, 6.07) is 0. The van der Waals surface area contributed by atoms with Gasteiger partial charge in [0.05, 0.1) is 25.3 Å². The van der Waals surface area contributed by atoms with Crippen LogP contribution >= 0.6 is 11.3 Å². The number of fused-ring (bicyclic) bond motifs is 1. The van der Waals surface area contributed by atoms with Gasteiger partial charge in [-0.3, -0.25) is 14.5 Å². The summed E-state index contributed by atoms with van der Waals surface area (Å²) in [4.78, 5) is 41.9. The van der Waals surface area contributed by atoms with Gasteiger partial charge in [0.15, 0.2) is 0 Å². The molecule has 2 amide bonds. The summed E-state index contributed by atoms with van der Waals surface area (Å²) in [5.74, 6) is -0.0684. The lowest BCUT2D eigenvalue weighted by Gasteiger charge is -2.22. The maximum Gasteiger partial charge on any atom is 0.341 e. The highest BCUT2D eigenvalue weighted by atomic mass is 32.1. The van der Waals surface area contributed by atoms with Gasteiger partial charge in [-0.1, -0.05) is 13.8 Å². The zero-order valence-corrected chi connectivity index (χ0v) is 19.0. The van der Waals surface area contributed by atoms with Crippen molar-refractivity contribution in [1.82, 2.24) is 9.80 Å². The number of ether oxygens (including phenoxy) is 1. The fraction of sp³-hybridized carbons (Fsp3) is 0.667. The highest BCUT2D eigenvalue weighted by molar-refractivity contribution is 7.17. The predicted octanol–water partition coefficient (Wildman–Crippen LogP) is 2.79. The van der Waals surface area contributed by atoms with E-state index in [0.717, 1.165) is 36.1 Å². The van der Waals surface area contributed by atoms with Crippen molar-refractivity contribution < 1.29 is 19.1 Å². The average Bonchev–Trinajstić information content (AvgIpc) is 2.98. The van der Waals surface area contributed by atoms with Crippen molar-refractivity contribution in [2.75, 3.05) is 45.7 Å². The molecular formula is C21H33N3O4S. The van der Waals surface area contributed by atoms with E-state index in [1.54, 1.807) is 21.0 Å². The quantitative estimate of drug-likeness (QED) is 0.618. The Morgan fingerprint density at radius 3 is 2.55 bits per heavy atom. The molecule has 1 heterocycles. The third kappa shape index (κ3) is 6.27. The zero-order valence-electron chi connectivity index (χ0n) is 18.2. The average molecular weight is 424 g/mol. The second-order valence-electron chi connectivity index (χ2n) is 7.82. The van der Waals surface area contributed by atoms with E-state index in [0.29, 0.717) is 29.6 Å². The van der Waals surface area contributed by atoms with Gasteiger partial charge in [-0.05, 0) is 50.6 Å². The molecule has 0 fully saturated rings. The van der Waals surface area contributed by atoms with Crippen LogP contribution in [0.1, 0.15) is 54.4 Å². The number of nitrogens with zero attached hydrogens (tertiary/aromatic N) is 2. The lowest BCUT2D eigenvalue weighted by atomic mass is 9.88. The number of likely N-dealkylation sites (N-methyl/N-ethyl adjacent to an activating group) is 1. The van der Waals surface area contributed by atoms with Gasteiger partial charge in [0.1, 0.15) is 5.00 Å². The number of esters is 1. The molecule has 1 N–H and O–H groups in total. The molecule has 2 rings (SSSR count). The van der Waals surface area contributed by atoms with Crippen LogP contribution in [0.25, 0.3) is 0 Å². The molecule has 162 valence electrons. The molecule has 1 unspecified atom stereocenters. The number of rotatable bonds is 9. The number of hydrogen-bond acceptors (Lipinski definition) is 6. The van der Waals surface area contributed by atoms with Crippen molar-refractivity contribution in [3.8, 4) is 0 Å². The van der Waals surface area contributed by atoms with Gasteiger partial charge < -0.3 is 15.0 Å². The van der Waals surface area contributed by atoms with Crippen LogP contribution < -0.4 is 5.32 Å². The van der Waals surface area contributed by atoms with Crippen LogP contribution in [-0.4, -0.2) is 67.9 Å². The summed E-state index contributed by atoms with van der Waals surface area (Å²) in [5, 5.41) is 3.50. The van der Waals surface area contributed by atoms with Gasteiger partial charge in [-0.15, -0.1) is 11.3 Å². The molecular weight excluding hydrogens is 390 g/mol. The molecule has 29 heavy (non-hydrogen) atoms. The maximum atomic E-state index is 12.7. The number of carbonyl (C=O) groups excluding carboxylic acids is 3. The van der Waals surface area contributed by atoms with Crippen molar-refractivity contribution in [1.29, 1.82) is 0 Å². The standard InChI is InChI=1S/C21H33N3O4S/c1-6-10-24(13-18(26)23(4)5)12-17(25)22-20-19(21(27)28-7-2)15-9-8-14(3)11-16(15)29-20/h14H,6-13H2,1-5H3,(H,22,25). The Bertz CT molecular complexity index is 745. The molecule has 1 aliphatic carbocycles. The molecule has 0 saturated carbocycles. The molecule has 7 nitrogen and oxygen atoms in total. The smallest absolute Gasteiger partial charge is 0.341 e. The van der Waals surface area contributed by atoms with Crippen molar-refractivity contribution in [2.24, 2.45) is 5.92 Å². The monoisotopic (exact) mass is 423 g/mol. The highest BCUT2D eigenvalue weighted by Crippen LogP contribution is 2.40. The van der Waals surface area contributed by atoms with Gasteiger partial charge in [-0.25, -0.2) is 4.79 Å². The van der Waals surface area contributed by atoms with Crippen LogP contribution in [0.3, 0.4) is 0 Å². The fourth-order valence-electron chi connectivity index (χ4n) is 3.49. The summed E-state index contributed by atoms with van der Waals surface area (Å²) in [5.41, 5.74) is 1.54. The minimum Gasteiger partial charge on any atom is -0.462 e. The van der Waals surface area contributed by atoms with Crippen LogP contribution in [0.5, 0.6) is 0 Å². The van der Waals surface area contributed by atoms with Crippen molar-refractivity contribution in [3.63, 3.8) is 0 Å². The Labute approximate surface area is 177 Å². The summed E-state index contributed by atoms with van der Waals surface area (Å²) in [7, 11) is 3.41. The van der Waals surface area contributed by atoms with Gasteiger partial charge in [0.2, 0.25) is 11.8 Å². The summed E-state index contributed by atoms with van der Waals surface area (Å²) in [6.07, 6.45) is 3.62. The largest absolute Gasteiger partial charge is 0.462 e. The van der Waals surface area contributed by atoms with E-state index < -0.39 is 0 Å². The van der Waals surface area contributed by atoms with E-state index in [4.69, 9.17) is 4.74 Å². The second-order valence-corrected chi connectivity index (χ2v) is 8.93. The molecule has 0 saturated heterocycles. The Morgan fingerprint density at radius 2 is 1.93 bits per heavy atom. The number of nitrogens with one attached hydrogen (secondary N) is 1. The van der Waals surface area contributed by atoms with Gasteiger partial charge in [-0.2, -0.15) is 0 Å². The van der Waals surface area contributed by atoms with Crippen LogP contribution in [0, 0.1) is 5.92 Å². The number of thiophene rings is 1. The maximum absolute atomic E-state index is 12.7. The molecule has 0 aromatic carbocycles. The van der Waals surface area contributed by atoms with Crippen LogP contribution in [-0.2, 0) is 27.2 Å². The predicted molar refractivity (Wildman–Crippen MR) is 116 cm³/mol. The minimum atomic E-state index is -0.372. The first-order chi connectivity index (χ1) is 13.8. The van der Waals surface area contributed by atoms with E-state index in [-0.39, 0.29) is 30.9 Å². The van der Waals surface area contributed by atoms with E-state index in [2.05, 4.69) is 12.2 Å². The second kappa shape index (κ2) is 10.7. The van der Waals surface area contributed by atoms with E-state index in [1.807, 2.05) is 11.8 Å². The zero-order chi connectivity index (χ0) is 21.6. The molecule has 0 spiro atoms. The first kappa shape index (κ1) is 23.3. The lowest BCUT2D eigenvalue weighted by Crippen LogP contribution is -2.41. The van der Waals surface area contributed by atoms with Crippen molar-refractivity contribution in [3.05, 3.63) is 16.0 Å². The first-order valence-corrected chi connectivity index (χ1v) is 11.1. The molecule has 1 atom stereocenters. The normalized spacial score (nSPS) is 15.7. The third-order valence-electron chi connectivity index (χ3n) is 5.01. The molecule has 1 aromatic heterocycles. The Kier molecular flexibility index (Phi) is 8.64. The van der Waals surface area contributed by atoms with Gasteiger partial charge in [0, 0.05) is 19.0 Å². The van der Waals surface area contributed by atoms with Gasteiger partial charge in [0.25, 0.3) is 0 Å². The van der Waals surface area contributed by atoms with E-state index in [1.165, 1.54) is 16.2 Å². The molecule has 8 heteroatoms. The number of anilines is 1. The van der Waals surface area contributed by atoms with Crippen LogP contribution in [0.2, 0.25) is 0 Å². The summed E-state index contributed by atoms with van der Waals surface area (Å²) >= 11 is 1.48. The molecule has 0 radical (unpaired) electrons. The van der Waals surface area contributed by atoms with E-state index >= 15 is 0 Å². The molecule has 0 bridgehead atoms. The first-order valence-electron chi connectivity index (χ1n) is 10.3. The topological polar surface area (TPSA) is 79.0 Å². The summed E-state index contributed by atoms with van der Waals surface area (Å²) in [6.45, 7) is 7.24. The Morgan fingerprint density at radius 1 is 1.21 bits per heavy atom. The van der Waals surface area contributed by atoms with E-state index in [9.17, 15) is 14.4 Å². The fourth-order valence-corrected chi connectivity index (χ4v) is 4.91. The Hall–Kier alpha value is -1.93. The molecule has 0 aliphatic heterocycles. The molecule has 1 aliphatic rings. The third-order valence-corrected chi connectivity index (χ3v) is 6.18. The molecule has 1 aromatic rings. The van der Waals surface area contributed by atoms with Crippen molar-refractivity contribution in [2.45, 2.75) is 46.5 Å². The highest BCUT2D eigenvalue weighted by Gasteiger charge is 2.29. The van der Waals surface area contributed by atoms with Gasteiger partial charge >= 0.3 is 5.97 Å². The van der Waals surface area contributed by atoms with Crippen LogP contribution in [0.4, 0.5) is 5.00 Å². The van der Waals surface area contributed by atoms with Crippen LogP contribution in [0.15, 0.2) is 0 Å². The summed E-state index contributed by atoms with van der Waals surface area (Å²) < 4.78 is 5.26. The Balaban J connectivity index is 2.17. The lowest BCUT2D eigenvalue weighted by molar-refractivity contribution is -0.130. The minimum absolute atomic E-state index is 0.0426. The number of amides is 2. The SMILES string of the molecule is CCCN(CC(=O)Nc1sc2c(c1C(=O)OCC)CCC(C)C2)CC(=O)N(C)C. The number of hydrogen-bond donors (Lipinski definition) is 1. The number of carbonyl (C=O) groups is 3.